The van der Waals surface area contributed by atoms with E-state index in [2.05, 4.69) is 51.6 Å². The third kappa shape index (κ3) is 6.35. The fourth-order valence-electron chi connectivity index (χ4n) is 4.09. The van der Waals surface area contributed by atoms with Crippen molar-refractivity contribution in [2.45, 2.75) is 57.0 Å². The number of nitriles is 1. The number of ether oxygens (including phenoxy) is 1. The molecule has 4 N–H and O–H groups in total. The summed E-state index contributed by atoms with van der Waals surface area (Å²) in [5, 5.41) is 17.9. The van der Waals surface area contributed by atoms with E-state index in [1.54, 1.807) is 18.2 Å². The molecule has 34 heavy (non-hydrogen) atoms. The first-order valence-electron chi connectivity index (χ1n) is 11.4. The van der Waals surface area contributed by atoms with Crippen molar-refractivity contribution in [3.63, 3.8) is 0 Å². The molecule has 1 aliphatic heterocycles. The molecule has 1 saturated heterocycles. The number of carbonyl (C=O) groups excluding carboxylic acids is 3. The van der Waals surface area contributed by atoms with Gasteiger partial charge in [-0.3, -0.25) is 14.4 Å². The average Bonchev–Trinajstić information content (AvgIpc) is 3.23. The van der Waals surface area contributed by atoms with Gasteiger partial charge in [0.05, 0.1) is 18.7 Å². The highest BCUT2D eigenvalue weighted by molar-refractivity contribution is 6.76. The minimum Gasteiger partial charge on any atom is -0.494 e. The lowest BCUT2D eigenvalue weighted by Gasteiger charge is -2.27. The molecular formula is C23H32N6O4Si. The van der Waals surface area contributed by atoms with Gasteiger partial charge in [0.2, 0.25) is 11.8 Å². The SMILES string of the molecule is COc1cccc2[nH]c(C(=O)NC(C[Si](C)(C)C)C(=O)NC(C#N)CC3CCCNC3=O)nc12. The van der Waals surface area contributed by atoms with Crippen molar-refractivity contribution in [2.75, 3.05) is 13.7 Å². The monoisotopic (exact) mass is 484 g/mol. The summed E-state index contributed by atoms with van der Waals surface area (Å²) < 4.78 is 5.30. The first kappa shape index (κ1) is 25.2. The maximum atomic E-state index is 13.1. The highest BCUT2D eigenvalue weighted by atomic mass is 28.3. The molecule has 2 heterocycles. The molecule has 10 nitrogen and oxygen atoms in total. The van der Waals surface area contributed by atoms with Gasteiger partial charge in [-0.1, -0.05) is 25.7 Å². The van der Waals surface area contributed by atoms with Gasteiger partial charge < -0.3 is 25.7 Å². The Morgan fingerprint density at radius 3 is 2.74 bits per heavy atom. The number of amides is 3. The number of nitrogens with one attached hydrogen (secondary N) is 4. The van der Waals surface area contributed by atoms with Crippen LogP contribution in [0, 0.1) is 17.2 Å². The standard InChI is InChI=1S/C23H32N6O4Si/c1-33-18-9-5-8-16-19(18)29-20(27-16)23(32)28-17(13-34(2,3)4)22(31)26-15(12-24)11-14-7-6-10-25-21(14)30/h5,8-9,14-15,17H,6-7,10-11,13H2,1-4H3,(H,25,30)(H,26,31)(H,27,29)(H,28,32). The molecular weight excluding hydrogens is 452 g/mol. The van der Waals surface area contributed by atoms with Gasteiger partial charge in [-0.2, -0.15) is 5.26 Å². The Morgan fingerprint density at radius 1 is 1.32 bits per heavy atom. The molecule has 3 atom stereocenters. The van der Waals surface area contributed by atoms with Crippen molar-refractivity contribution in [2.24, 2.45) is 5.92 Å². The van der Waals surface area contributed by atoms with Crippen LogP contribution in [0.1, 0.15) is 29.9 Å². The van der Waals surface area contributed by atoms with E-state index >= 15 is 0 Å². The van der Waals surface area contributed by atoms with Gasteiger partial charge in [0.25, 0.3) is 5.91 Å². The first-order valence-corrected chi connectivity index (χ1v) is 15.1. The fourth-order valence-corrected chi connectivity index (χ4v) is 5.60. The molecule has 182 valence electrons. The topological polar surface area (TPSA) is 149 Å². The Balaban J connectivity index is 1.74. The summed E-state index contributed by atoms with van der Waals surface area (Å²) in [5.74, 6) is -0.747. The molecule has 3 amide bonds. The number of imidazole rings is 1. The summed E-state index contributed by atoms with van der Waals surface area (Å²) in [7, 11) is -0.257. The van der Waals surface area contributed by atoms with E-state index in [0.29, 0.717) is 35.8 Å². The third-order valence-electron chi connectivity index (χ3n) is 5.74. The zero-order valence-corrected chi connectivity index (χ0v) is 21.0. The second kappa shape index (κ2) is 10.7. The summed E-state index contributed by atoms with van der Waals surface area (Å²) in [4.78, 5) is 45.5. The zero-order chi connectivity index (χ0) is 24.9. The number of piperidine rings is 1. The molecule has 3 rings (SSSR count). The predicted molar refractivity (Wildman–Crippen MR) is 130 cm³/mol. The van der Waals surface area contributed by atoms with Crippen LogP contribution in [0.3, 0.4) is 0 Å². The average molecular weight is 485 g/mol. The second-order valence-corrected chi connectivity index (χ2v) is 15.3. The number of rotatable bonds is 9. The van der Waals surface area contributed by atoms with Gasteiger partial charge in [0.1, 0.15) is 23.3 Å². The van der Waals surface area contributed by atoms with E-state index < -0.39 is 32.0 Å². The molecule has 2 aromatic rings. The third-order valence-corrected chi connectivity index (χ3v) is 7.37. The van der Waals surface area contributed by atoms with E-state index in [9.17, 15) is 19.6 Å². The van der Waals surface area contributed by atoms with Crippen molar-refractivity contribution in [3.05, 3.63) is 24.0 Å². The van der Waals surface area contributed by atoms with Crippen molar-refractivity contribution >= 4 is 36.8 Å². The van der Waals surface area contributed by atoms with Gasteiger partial charge in [0.15, 0.2) is 5.82 Å². The van der Waals surface area contributed by atoms with Gasteiger partial charge in [-0.05, 0) is 37.4 Å². The number of aromatic nitrogens is 2. The van der Waals surface area contributed by atoms with E-state index in [4.69, 9.17) is 4.74 Å². The lowest BCUT2D eigenvalue weighted by atomic mass is 9.92. The highest BCUT2D eigenvalue weighted by Gasteiger charge is 2.32. The van der Waals surface area contributed by atoms with Crippen molar-refractivity contribution in [1.82, 2.24) is 25.9 Å². The fraction of sp³-hybridized carbons (Fsp3) is 0.522. The predicted octanol–water partition coefficient (Wildman–Crippen LogP) is 1.93. The number of hydrogen-bond donors (Lipinski definition) is 4. The maximum Gasteiger partial charge on any atom is 0.287 e. The second-order valence-electron chi connectivity index (χ2n) is 9.79. The van der Waals surface area contributed by atoms with Crippen molar-refractivity contribution in [3.8, 4) is 11.8 Å². The molecule has 0 radical (unpaired) electrons. The van der Waals surface area contributed by atoms with E-state index in [0.717, 1.165) is 6.42 Å². The summed E-state index contributed by atoms with van der Waals surface area (Å²) in [6, 6.07) is 6.24. The van der Waals surface area contributed by atoms with Crippen LogP contribution >= 0.6 is 0 Å². The van der Waals surface area contributed by atoms with Gasteiger partial charge in [-0.25, -0.2) is 4.98 Å². The molecule has 1 aliphatic rings. The highest BCUT2D eigenvalue weighted by Crippen LogP contribution is 2.23. The molecule has 0 bridgehead atoms. The van der Waals surface area contributed by atoms with Crippen molar-refractivity contribution < 1.29 is 19.1 Å². The Hall–Kier alpha value is -3.39. The number of benzene rings is 1. The Bertz CT molecular complexity index is 1100. The Labute approximate surface area is 199 Å². The number of fused-ring (bicyclic) bond motifs is 1. The number of methoxy groups -OCH3 is 1. The van der Waals surface area contributed by atoms with Crippen LogP contribution in [-0.4, -0.2) is 61.5 Å². The largest absolute Gasteiger partial charge is 0.494 e. The minimum absolute atomic E-state index is 0.0728. The molecule has 1 fully saturated rings. The first-order chi connectivity index (χ1) is 16.1. The number of H-pyrrole nitrogens is 1. The Morgan fingerprint density at radius 2 is 2.09 bits per heavy atom. The molecule has 1 aromatic heterocycles. The molecule has 0 aliphatic carbocycles. The smallest absolute Gasteiger partial charge is 0.287 e. The van der Waals surface area contributed by atoms with Crippen LogP contribution < -0.4 is 20.7 Å². The van der Waals surface area contributed by atoms with E-state index in [1.807, 2.05) is 0 Å². The summed E-state index contributed by atoms with van der Waals surface area (Å²) in [6.07, 6.45) is 1.77. The normalized spacial score (nSPS) is 17.9. The summed E-state index contributed by atoms with van der Waals surface area (Å²) >= 11 is 0. The number of nitrogens with zero attached hydrogens (tertiary/aromatic N) is 2. The molecule has 3 unspecified atom stereocenters. The molecule has 11 heteroatoms. The maximum absolute atomic E-state index is 13.1. The minimum atomic E-state index is -1.79. The van der Waals surface area contributed by atoms with Crippen LogP contribution in [0.15, 0.2) is 18.2 Å². The molecule has 0 spiro atoms. The number of aromatic amines is 1. The van der Waals surface area contributed by atoms with Gasteiger partial charge >= 0.3 is 0 Å². The molecule has 1 aromatic carbocycles. The number of hydrogen-bond acceptors (Lipinski definition) is 6. The van der Waals surface area contributed by atoms with Gasteiger partial charge in [-0.15, -0.1) is 0 Å². The van der Waals surface area contributed by atoms with Crippen molar-refractivity contribution in [1.29, 1.82) is 5.26 Å². The Kier molecular flexibility index (Phi) is 7.93. The number of carbonyl (C=O) groups is 3. The lowest BCUT2D eigenvalue weighted by molar-refractivity contribution is -0.128. The number of para-hydroxylation sites is 1. The van der Waals surface area contributed by atoms with Crippen LogP contribution in [-0.2, 0) is 9.59 Å². The van der Waals surface area contributed by atoms with Crippen LogP contribution in [0.5, 0.6) is 5.75 Å². The van der Waals surface area contributed by atoms with Crippen LogP contribution in [0.4, 0.5) is 0 Å². The lowest BCUT2D eigenvalue weighted by Crippen LogP contribution is -2.52. The van der Waals surface area contributed by atoms with Gasteiger partial charge in [0, 0.05) is 20.5 Å². The summed E-state index contributed by atoms with van der Waals surface area (Å²) in [5.41, 5.74) is 1.17. The van der Waals surface area contributed by atoms with Crippen LogP contribution in [0.25, 0.3) is 11.0 Å². The van der Waals surface area contributed by atoms with E-state index in [1.165, 1.54) is 7.11 Å². The van der Waals surface area contributed by atoms with E-state index in [-0.39, 0.29) is 24.1 Å². The molecule has 0 saturated carbocycles. The quantitative estimate of drug-likeness (QED) is 0.400. The summed E-state index contributed by atoms with van der Waals surface area (Å²) in [6.45, 7) is 6.93. The zero-order valence-electron chi connectivity index (χ0n) is 20.0. The van der Waals surface area contributed by atoms with Crippen LogP contribution in [0.2, 0.25) is 25.7 Å².